The highest BCUT2D eigenvalue weighted by atomic mass is 15.3. The van der Waals surface area contributed by atoms with E-state index in [1.807, 2.05) is 6.07 Å². The van der Waals surface area contributed by atoms with E-state index in [1.54, 1.807) is 0 Å². The Hall–Kier alpha value is -8.31. The maximum Gasteiger partial charge on any atom is 0.131 e. The molecule has 0 aliphatic carbocycles. The number of aliphatic imine (C=N–C) groups is 1. The molecule has 0 aromatic heterocycles. The van der Waals surface area contributed by atoms with Gasteiger partial charge < -0.3 is 10.6 Å². The Bertz CT molecular complexity index is 3150. The second-order valence-corrected chi connectivity index (χ2v) is 16.8. The van der Waals surface area contributed by atoms with E-state index in [9.17, 15) is 0 Å². The van der Waals surface area contributed by atoms with Gasteiger partial charge in [-0.2, -0.15) is 0 Å². The summed E-state index contributed by atoms with van der Waals surface area (Å²) in [6, 6.07) is 90.9. The molecular weight excluding hydrogens is 801 g/mol. The van der Waals surface area contributed by atoms with Gasteiger partial charge in [-0.25, -0.2) is 4.99 Å². The molecule has 4 nitrogen and oxygen atoms in total. The van der Waals surface area contributed by atoms with Crippen molar-refractivity contribution in [2.45, 2.75) is 18.4 Å². The van der Waals surface area contributed by atoms with E-state index in [0.717, 1.165) is 56.0 Å². The van der Waals surface area contributed by atoms with Gasteiger partial charge >= 0.3 is 0 Å². The minimum Gasteiger partial charge on any atom is -0.373 e. The van der Waals surface area contributed by atoms with Crippen molar-refractivity contribution in [2.24, 2.45) is 4.99 Å². The molecule has 0 saturated heterocycles. The predicted octanol–water partition coefficient (Wildman–Crippen LogP) is 14.2. The molecule has 0 saturated carbocycles. The van der Waals surface area contributed by atoms with Gasteiger partial charge in [0.25, 0.3) is 0 Å². The Kier molecular flexibility index (Phi) is 11.3. The van der Waals surface area contributed by atoms with Gasteiger partial charge in [-0.15, -0.1) is 0 Å². The molecule has 0 fully saturated rings. The zero-order valence-corrected chi connectivity index (χ0v) is 36.4. The Morgan fingerprint density at radius 1 is 0.288 bits per heavy atom. The standard InChI is InChI=1S/C62H48N4/c1-7-19-43(20-8-1)44-33-39-53(40-34-44)61-64-60(52-29-17-6-18-30-52)65-62(66-61)54-41-35-46(36-42-54)45-31-37-49(38-32-45)55-56(47-21-9-2-10-22-47)58(50-25-13-4-14-26-50)63-59(51-27-15-5-16-28-51)57(55)48-23-11-3-12-24-48/h1-42,58,60,62-63,65H,(H,64,66). The first-order valence-corrected chi connectivity index (χ1v) is 22.7. The molecule has 0 bridgehead atoms. The summed E-state index contributed by atoms with van der Waals surface area (Å²) in [5, 5.41) is 11.6. The normalized spacial score (nSPS) is 17.1. The molecule has 2 heterocycles. The van der Waals surface area contributed by atoms with E-state index in [1.165, 1.54) is 39.0 Å². The lowest BCUT2D eigenvalue weighted by Crippen LogP contribution is -2.44. The summed E-state index contributed by atoms with van der Waals surface area (Å²) in [5.41, 5.74) is 18.6. The molecular formula is C62H48N4. The van der Waals surface area contributed by atoms with Crippen LogP contribution in [0.4, 0.5) is 0 Å². The maximum absolute atomic E-state index is 5.19. The Balaban J connectivity index is 0.957. The number of hydrogen-bond donors (Lipinski definition) is 3. The van der Waals surface area contributed by atoms with Crippen LogP contribution in [-0.4, -0.2) is 5.84 Å². The smallest absolute Gasteiger partial charge is 0.131 e. The minimum absolute atomic E-state index is 0.0961. The quantitative estimate of drug-likeness (QED) is 0.128. The number of rotatable bonds is 10. The molecule has 4 heteroatoms. The van der Waals surface area contributed by atoms with Crippen molar-refractivity contribution in [3.63, 3.8) is 0 Å². The summed E-state index contributed by atoms with van der Waals surface area (Å²) in [4.78, 5) is 5.19. The minimum atomic E-state index is -0.211. The lowest BCUT2D eigenvalue weighted by Gasteiger charge is -2.36. The number of hydrogen-bond acceptors (Lipinski definition) is 4. The lowest BCUT2D eigenvalue weighted by atomic mass is 9.77. The van der Waals surface area contributed by atoms with Crippen LogP contribution >= 0.6 is 0 Å². The van der Waals surface area contributed by atoms with Gasteiger partial charge in [0.05, 0.1) is 11.7 Å². The SMILES string of the molecule is c1ccc(C2=C(c3ccccc3)C(c3ccc(-c4ccc(C5NC(c6ccc(-c7ccccc7)cc6)=NC(c6ccccc6)N5)cc4)cc3)=C(c3ccccc3)C(c3ccccc3)N2)cc1. The fourth-order valence-corrected chi connectivity index (χ4v) is 9.37. The Labute approximate surface area is 387 Å². The monoisotopic (exact) mass is 848 g/mol. The predicted molar refractivity (Wildman–Crippen MR) is 274 cm³/mol. The number of allylic oxidation sites excluding steroid dienone is 2. The average Bonchev–Trinajstić information content (AvgIpc) is 3.42. The van der Waals surface area contributed by atoms with Crippen molar-refractivity contribution < 1.29 is 0 Å². The van der Waals surface area contributed by atoms with Gasteiger partial charge in [0, 0.05) is 11.1 Å². The number of nitrogens with one attached hydrogen (secondary N) is 3. The fraction of sp³-hybridized carbons (Fsp3) is 0.0484. The van der Waals surface area contributed by atoms with Crippen molar-refractivity contribution in [3.8, 4) is 22.3 Å². The summed E-state index contributed by atoms with van der Waals surface area (Å²) in [6.07, 6.45) is -0.368. The summed E-state index contributed by atoms with van der Waals surface area (Å²) in [5.74, 6) is 0.864. The van der Waals surface area contributed by atoms with Crippen LogP contribution in [0.3, 0.4) is 0 Å². The molecule has 3 N–H and O–H groups in total. The summed E-state index contributed by atoms with van der Waals surface area (Å²) in [7, 11) is 0. The molecule has 9 aromatic carbocycles. The second-order valence-electron chi connectivity index (χ2n) is 16.8. The highest BCUT2D eigenvalue weighted by Crippen LogP contribution is 2.50. The van der Waals surface area contributed by atoms with Crippen LogP contribution in [0, 0.1) is 0 Å². The maximum atomic E-state index is 5.19. The van der Waals surface area contributed by atoms with Gasteiger partial charge in [0.1, 0.15) is 18.2 Å². The van der Waals surface area contributed by atoms with Crippen LogP contribution in [-0.2, 0) is 0 Å². The van der Waals surface area contributed by atoms with Gasteiger partial charge in [0.15, 0.2) is 0 Å². The molecule has 0 radical (unpaired) electrons. The molecule has 3 atom stereocenters. The number of nitrogens with zero attached hydrogens (tertiary/aromatic N) is 1. The lowest BCUT2D eigenvalue weighted by molar-refractivity contribution is 0.409. The second kappa shape index (κ2) is 18.4. The highest BCUT2D eigenvalue weighted by Gasteiger charge is 2.33. The van der Waals surface area contributed by atoms with Crippen molar-refractivity contribution in [3.05, 3.63) is 299 Å². The molecule has 2 aliphatic rings. The van der Waals surface area contributed by atoms with Gasteiger partial charge in [-0.05, 0) is 72.3 Å². The number of dihydropyridines is 1. The van der Waals surface area contributed by atoms with E-state index in [-0.39, 0.29) is 18.4 Å². The van der Waals surface area contributed by atoms with E-state index in [4.69, 9.17) is 4.99 Å². The molecule has 316 valence electrons. The van der Waals surface area contributed by atoms with Crippen LogP contribution in [0.25, 0.3) is 44.7 Å². The molecule has 11 rings (SSSR count). The van der Waals surface area contributed by atoms with Crippen LogP contribution in [0.15, 0.2) is 260 Å². The van der Waals surface area contributed by atoms with E-state index >= 15 is 0 Å². The third-order valence-electron chi connectivity index (χ3n) is 12.7. The Morgan fingerprint density at radius 2 is 0.682 bits per heavy atom. The van der Waals surface area contributed by atoms with Crippen molar-refractivity contribution in [2.75, 3.05) is 0 Å². The van der Waals surface area contributed by atoms with E-state index in [2.05, 4.69) is 265 Å². The zero-order chi connectivity index (χ0) is 44.1. The summed E-state index contributed by atoms with van der Waals surface area (Å²) in [6.45, 7) is 0. The van der Waals surface area contributed by atoms with Crippen LogP contribution in [0.2, 0.25) is 0 Å². The highest BCUT2D eigenvalue weighted by molar-refractivity contribution is 6.24. The molecule has 66 heavy (non-hydrogen) atoms. The molecule has 0 amide bonds. The first-order valence-electron chi connectivity index (χ1n) is 22.7. The van der Waals surface area contributed by atoms with E-state index < -0.39 is 0 Å². The van der Waals surface area contributed by atoms with E-state index in [0.29, 0.717) is 0 Å². The largest absolute Gasteiger partial charge is 0.373 e. The average molecular weight is 849 g/mol. The van der Waals surface area contributed by atoms with Gasteiger partial charge in [-0.3, -0.25) is 5.32 Å². The topological polar surface area (TPSA) is 48.5 Å². The Morgan fingerprint density at radius 3 is 1.23 bits per heavy atom. The van der Waals surface area contributed by atoms with Crippen LogP contribution < -0.4 is 16.0 Å². The van der Waals surface area contributed by atoms with Crippen LogP contribution in [0.5, 0.6) is 0 Å². The summed E-state index contributed by atoms with van der Waals surface area (Å²) >= 11 is 0. The van der Waals surface area contributed by atoms with Gasteiger partial charge in [0.2, 0.25) is 0 Å². The zero-order valence-electron chi connectivity index (χ0n) is 36.4. The molecule has 0 spiro atoms. The summed E-state index contributed by atoms with van der Waals surface area (Å²) < 4.78 is 0. The number of benzene rings is 9. The third-order valence-corrected chi connectivity index (χ3v) is 12.7. The first-order chi connectivity index (χ1) is 32.7. The van der Waals surface area contributed by atoms with Crippen LogP contribution in [0.1, 0.15) is 62.9 Å². The van der Waals surface area contributed by atoms with Crippen molar-refractivity contribution in [1.29, 1.82) is 0 Å². The first kappa shape index (κ1) is 40.5. The van der Waals surface area contributed by atoms with Crippen molar-refractivity contribution >= 4 is 28.3 Å². The molecule has 2 aliphatic heterocycles. The molecule has 9 aromatic rings. The fourth-order valence-electron chi connectivity index (χ4n) is 9.37. The third kappa shape index (κ3) is 8.30. The molecule has 3 unspecified atom stereocenters. The number of amidine groups is 1. The van der Waals surface area contributed by atoms with Gasteiger partial charge in [-0.1, -0.05) is 255 Å². The van der Waals surface area contributed by atoms with Crippen molar-refractivity contribution in [1.82, 2.24) is 16.0 Å².